The maximum absolute atomic E-state index is 12.8. The first-order chi connectivity index (χ1) is 18.3. The SMILES string of the molecule is CCCCCCCCCCCc1noc(-c2cccc(CN(Cc3ccc(C(F)(F)F)cc3)C(=O)O)c2)n1. The van der Waals surface area contributed by atoms with Crippen molar-refractivity contribution in [2.24, 2.45) is 0 Å². The predicted molar refractivity (Wildman–Crippen MR) is 139 cm³/mol. The molecular formula is C29H36F3N3O3. The Labute approximate surface area is 221 Å². The Morgan fingerprint density at radius 3 is 2.16 bits per heavy atom. The van der Waals surface area contributed by atoms with Gasteiger partial charge in [-0.1, -0.05) is 87.7 Å². The smallest absolute Gasteiger partial charge is 0.416 e. The molecule has 3 rings (SSSR count). The van der Waals surface area contributed by atoms with Gasteiger partial charge in [0, 0.05) is 25.1 Å². The van der Waals surface area contributed by atoms with Crippen LogP contribution in [0.25, 0.3) is 11.5 Å². The third kappa shape index (κ3) is 9.50. The lowest BCUT2D eigenvalue weighted by Gasteiger charge is -2.20. The van der Waals surface area contributed by atoms with E-state index in [0.717, 1.165) is 36.3 Å². The molecule has 3 aromatic rings. The Morgan fingerprint density at radius 2 is 1.53 bits per heavy atom. The number of alkyl halides is 3. The van der Waals surface area contributed by atoms with Crippen molar-refractivity contribution in [3.63, 3.8) is 0 Å². The summed E-state index contributed by atoms with van der Waals surface area (Å²) in [5, 5.41) is 13.7. The molecule has 0 bridgehead atoms. The van der Waals surface area contributed by atoms with Crippen LogP contribution in [-0.4, -0.2) is 26.2 Å². The van der Waals surface area contributed by atoms with Crippen molar-refractivity contribution >= 4 is 6.09 Å². The summed E-state index contributed by atoms with van der Waals surface area (Å²) in [4.78, 5) is 17.5. The molecule has 6 nitrogen and oxygen atoms in total. The van der Waals surface area contributed by atoms with Crippen molar-refractivity contribution in [2.45, 2.75) is 90.4 Å². The minimum Gasteiger partial charge on any atom is -0.465 e. The number of hydrogen-bond acceptors (Lipinski definition) is 4. The van der Waals surface area contributed by atoms with Crippen LogP contribution >= 0.6 is 0 Å². The first-order valence-corrected chi connectivity index (χ1v) is 13.3. The summed E-state index contributed by atoms with van der Waals surface area (Å²) in [6.45, 7) is 2.24. The molecule has 0 aliphatic rings. The Hall–Kier alpha value is -3.36. The molecule has 0 fully saturated rings. The third-order valence-corrected chi connectivity index (χ3v) is 6.44. The molecule has 38 heavy (non-hydrogen) atoms. The number of halogens is 3. The number of carboxylic acid groups (broad SMARTS) is 1. The third-order valence-electron chi connectivity index (χ3n) is 6.44. The molecule has 1 amide bonds. The zero-order valence-electron chi connectivity index (χ0n) is 21.8. The number of aryl methyl sites for hydroxylation is 1. The van der Waals surface area contributed by atoms with Crippen LogP contribution in [0.1, 0.15) is 87.2 Å². The van der Waals surface area contributed by atoms with Gasteiger partial charge in [-0.2, -0.15) is 18.2 Å². The largest absolute Gasteiger partial charge is 0.465 e. The van der Waals surface area contributed by atoms with E-state index < -0.39 is 17.8 Å². The van der Waals surface area contributed by atoms with Gasteiger partial charge in [0.15, 0.2) is 5.82 Å². The van der Waals surface area contributed by atoms with Gasteiger partial charge in [-0.3, -0.25) is 4.90 Å². The minimum atomic E-state index is -4.44. The van der Waals surface area contributed by atoms with Crippen LogP contribution < -0.4 is 0 Å². The second-order valence-corrected chi connectivity index (χ2v) is 9.63. The molecular weight excluding hydrogens is 495 g/mol. The number of hydrogen-bond donors (Lipinski definition) is 1. The highest BCUT2D eigenvalue weighted by atomic mass is 19.4. The van der Waals surface area contributed by atoms with Crippen molar-refractivity contribution < 1.29 is 27.6 Å². The highest BCUT2D eigenvalue weighted by molar-refractivity contribution is 5.65. The van der Waals surface area contributed by atoms with Crippen molar-refractivity contribution in [2.75, 3.05) is 0 Å². The second-order valence-electron chi connectivity index (χ2n) is 9.63. The molecule has 0 aliphatic carbocycles. The molecule has 9 heteroatoms. The van der Waals surface area contributed by atoms with Crippen LogP contribution in [0.5, 0.6) is 0 Å². The average Bonchev–Trinajstić information content (AvgIpc) is 3.36. The van der Waals surface area contributed by atoms with Gasteiger partial charge >= 0.3 is 12.3 Å². The average molecular weight is 532 g/mol. The zero-order chi connectivity index (χ0) is 27.4. The van der Waals surface area contributed by atoms with Gasteiger partial charge in [0.05, 0.1) is 5.56 Å². The summed E-state index contributed by atoms with van der Waals surface area (Å²) >= 11 is 0. The molecule has 1 aromatic heterocycles. The summed E-state index contributed by atoms with van der Waals surface area (Å²) in [6.07, 6.45) is 6.30. The Kier molecular flexibility index (Phi) is 11.2. The van der Waals surface area contributed by atoms with Crippen molar-refractivity contribution in [3.05, 3.63) is 71.0 Å². The number of unbranched alkanes of at least 4 members (excludes halogenated alkanes) is 8. The lowest BCUT2D eigenvalue weighted by Crippen LogP contribution is -2.28. The molecule has 0 saturated heterocycles. The maximum Gasteiger partial charge on any atom is 0.416 e. The Morgan fingerprint density at radius 1 is 0.895 bits per heavy atom. The van der Waals surface area contributed by atoms with Gasteiger partial charge in [0.2, 0.25) is 0 Å². The standard InChI is InChI=1S/C29H36F3N3O3/c1-2-3-4-5-6-7-8-9-10-14-26-33-27(38-34-26)24-13-11-12-23(19-24)21-35(28(36)37)20-22-15-17-25(18-16-22)29(30,31)32/h11-13,15-19H,2-10,14,20-21H2,1H3,(H,36,37). The lowest BCUT2D eigenvalue weighted by atomic mass is 10.1. The quantitative estimate of drug-likeness (QED) is 0.199. The van der Waals surface area contributed by atoms with E-state index in [9.17, 15) is 23.1 Å². The fourth-order valence-electron chi connectivity index (χ4n) is 4.30. The highest BCUT2D eigenvalue weighted by Gasteiger charge is 2.30. The van der Waals surface area contributed by atoms with Gasteiger partial charge in [-0.15, -0.1) is 0 Å². The monoisotopic (exact) mass is 531 g/mol. The number of amides is 1. The van der Waals surface area contributed by atoms with E-state index in [-0.39, 0.29) is 13.1 Å². The van der Waals surface area contributed by atoms with Gasteiger partial charge in [0.25, 0.3) is 5.89 Å². The van der Waals surface area contributed by atoms with E-state index in [0.29, 0.717) is 28.4 Å². The summed E-state index contributed by atoms with van der Waals surface area (Å²) < 4.78 is 43.9. The maximum atomic E-state index is 12.8. The van der Waals surface area contributed by atoms with Gasteiger partial charge in [-0.05, 0) is 41.8 Å². The molecule has 206 valence electrons. The number of benzene rings is 2. The molecule has 0 radical (unpaired) electrons. The molecule has 0 saturated carbocycles. The van der Waals surface area contributed by atoms with E-state index in [1.54, 1.807) is 18.2 Å². The van der Waals surface area contributed by atoms with Gasteiger partial charge < -0.3 is 9.63 Å². The van der Waals surface area contributed by atoms with Crippen LogP contribution in [0, 0.1) is 0 Å². The minimum absolute atomic E-state index is 0.0405. The normalized spacial score (nSPS) is 11.6. The van der Waals surface area contributed by atoms with Crippen molar-refractivity contribution in [3.8, 4) is 11.5 Å². The molecule has 2 aromatic carbocycles. The predicted octanol–water partition coefficient (Wildman–Crippen LogP) is 8.51. The summed E-state index contributed by atoms with van der Waals surface area (Å²) in [7, 11) is 0. The lowest BCUT2D eigenvalue weighted by molar-refractivity contribution is -0.137. The van der Waals surface area contributed by atoms with Crippen LogP contribution in [0.2, 0.25) is 0 Å². The van der Waals surface area contributed by atoms with E-state index in [1.165, 1.54) is 57.1 Å². The van der Waals surface area contributed by atoms with Crippen LogP contribution in [0.4, 0.5) is 18.0 Å². The first-order valence-electron chi connectivity index (χ1n) is 13.3. The zero-order valence-corrected chi connectivity index (χ0v) is 21.8. The summed E-state index contributed by atoms with van der Waals surface area (Å²) in [5.41, 5.74) is 1.09. The van der Waals surface area contributed by atoms with E-state index in [1.807, 2.05) is 6.07 Å². The summed E-state index contributed by atoms with van der Waals surface area (Å²) in [5.74, 6) is 1.03. The molecule has 1 heterocycles. The number of aromatic nitrogens is 2. The van der Waals surface area contributed by atoms with E-state index in [2.05, 4.69) is 17.1 Å². The first kappa shape index (κ1) is 29.2. The van der Waals surface area contributed by atoms with Gasteiger partial charge in [0.1, 0.15) is 0 Å². The number of rotatable bonds is 15. The van der Waals surface area contributed by atoms with Crippen molar-refractivity contribution in [1.82, 2.24) is 15.0 Å². The Balaban J connectivity index is 1.52. The summed E-state index contributed by atoms with van der Waals surface area (Å²) in [6, 6.07) is 11.7. The van der Waals surface area contributed by atoms with Gasteiger partial charge in [-0.25, -0.2) is 4.79 Å². The molecule has 0 atom stereocenters. The molecule has 1 N–H and O–H groups in total. The molecule has 0 unspecified atom stereocenters. The molecule has 0 aliphatic heterocycles. The van der Waals surface area contributed by atoms with E-state index in [4.69, 9.17) is 4.52 Å². The topological polar surface area (TPSA) is 79.5 Å². The van der Waals surface area contributed by atoms with Crippen LogP contribution in [0.15, 0.2) is 53.1 Å². The fraction of sp³-hybridized carbons (Fsp3) is 0.483. The number of nitrogens with zero attached hydrogens (tertiary/aromatic N) is 3. The fourth-order valence-corrected chi connectivity index (χ4v) is 4.30. The second kappa shape index (κ2) is 14.5. The highest BCUT2D eigenvalue weighted by Crippen LogP contribution is 2.29. The van der Waals surface area contributed by atoms with Crippen LogP contribution in [0.3, 0.4) is 0 Å². The van der Waals surface area contributed by atoms with Crippen molar-refractivity contribution in [1.29, 1.82) is 0 Å². The van der Waals surface area contributed by atoms with Crippen LogP contribution in [-0.2, 0) is 25.7 Å². The van der Waals surface area contributed by atoms with E-state index >= 15 is 0 Å². The Bertz CT molecular complexity index is 1130. The molecule has 0 spiro atoms. The number of carbonyl (C=O) groups is 1.